The van der Waals surface area contributed by atoms with Gasteiger partial charge in [0.2, 0.25) is 5.91 Å². The summed E-state index contributed by atoms with van der Waals surface area (Å²) in [6.07, 6.45) is 7.79. The van der Waals surface area contributed by atoms with Crippen LogP contribution in [0.1, 0.15) is 37.1 Å². The molecule has 2 aliphatic heterocycles. The van der Waals surface area contributed by atoms with Crippen LogP contribution in [0.5, 0.6) is 0 Å². The lowest BCUT2D eigenvalue weighted by Crippen LogP contribution is -2.49. The number of amides is 1. The lowest BCUT2D eigenvalue weighted by atomic mass is 9.95. The predicted octanol–water partition coefficient (Wildman–Crippen LogP) is 1.76. The molecule has 1 atom stereocenters. The quantitative estimate of drug-likeness (QED) is 0.821. The van der Waals surface area contributed by atoms with Crippen LogP contribution in [0.3, 0.4) is 0 Å². The molecule has 6 heteroatoms. The van der Waals surface area contributed by atoms with E-state index in [1.54, 1.807) is 12.4 Å². The first-order valence-corrected chi connectivity index (χ1v) is 8.95. The van der Waals surface area contributed by atoms with Gasteiger partial charge in [0.25, 0.3) is 0 Å². The second-order valence-electron chi connectivity index (χ2n) is 6.70. The number of aromatic nitrogens is 2. The van der Waals surface area contributed by atoms with E-state index in [1.807, 2.05) is 11.8 Å². The molecule has 0 saturated carbocycles. The summed E-state index contributed by atoms with van der Waals surface area (Å²) < 4.78 is 11.0. The second kappa shape index (κ2) is 8.53. The standard InChI is InChI=1S/C18H27N3O3/c1-14-17(20-7-6-19-14)3-2-16-13-24-11-8-21(16)18(22)12-15-4-9-23-10-5-15/h6-7,15-16H,2-5,8-13H2,1H3/t16-/m0/s1. The molecular weight excluding hydrogens is 306 g/mol. The molecule has 1 aromatic heterocycles. The van der Waals surface area contributed by atoms with Crippen LogP contribution in [0.4, 0.5) is 0 Å². The van der Waals surface area contributed by atoms with Gasteiger partial charge in [0.15, 0.2) is 0 Å². The first-order chi connectivity index (χ1) is 11.7. The molecule has 2 fully saturated rings. The molecule has 0 aromatic carbocycles. The maximum atomic E-state index is 12.8. The van der Waals surface area contributed by atoms with E-state index in [9.17, 15) is 4.79 Å². The molecule has 1 aromatic rings. The smallest absolute Gasteiger partial charge is 0.223 e. The first kappa shape index (κ1) is 17.3. The number of rotatable bonds is 5. The SMILES string of the molecule is Cc1nccnc1CC[C@H]1COCCN1C(=O)CC1CCOCC1. The Morgan fingerprint density at radius 2 is 2.00 bits per heavy atom. The van der Waals surface area contributed by atoms with Gasteiger partial charge in [0.05, 0.1) is 30.6 Å². The maximum absolute atomic E-state index is 12.8. The zero-order chi connectivity index (χ0) is 16.8. The van der Waals surface area contributed by atoms with Crippen LogP contribution in [0.15, 0.2) is 12.4 Å². The van der Waals surface area contributed by atoms with Crippen LogP contribution in [-0.4, -0.2) is 59.8 Å². The van der Waals surface area contributed by atoms with Crippen molar-refractivity contribution >= 4 is 5.91 Å². The molecule has 3 heterocycles. The van der Waals surface area contributed by atoms with E-state index in [-0.39, 0.29) is 11.9 Å². The number of ether oxygens (including phenoxy) is 2. The Morgan fingerprint density at radius 1 is 1.21 bits per heavy atom. The first-order valence-electron chi connectivity index (χ1n) is 8.95. The zero-order valence-electron chi connectivity index (χ0n) is 14.4. The number of carbonyl (C=O) groups is 1. The number of morpholine rings is 1. The molecule has 2 saturated heterocycles. The fourth-order valence-corrected chi connectivity index (χ4v) is 3.52. The van der Waals surface area contributed by atoms with Gasteiger partial charge in [0, 0.05) is 38.6 Å². The third-order valence-electron chi connectivity index (χ3n) is 5.05. The van der Waals surface area contributed by atoms with E-state index >= 15 is 0 Å². The van der Waals surface area contributed by atoms with Gasteiger partial charge >= 0.3 is 0 Å². The van der Waals surface area contributed by atoms with Gasteiger partial charge in [-0.25, -0.2) is 0 Å². The van der Waals surface area contributed by atoms with Crippen molar-refractivity contribution in [2.24, 2.45) is 5.92 Å². The number of nitrogens with zero attached hydrogens (tertiary/aromatic N) is 3. The molecule has 0 spiro atoms. The van der Waals surface area contributed by atoms with Crippen molar-refractivity contribution in [1.82, 2.24) is 14.9 Å². The Kier molecular flexibility index (Phi) is 6.15. The van der Waals surface area contributed by atoms with E-state index < -0.39 is 0 Å². The molecule has 3 rings (SSSR count). The predicted molar refractivity (Wildman–Crippen MR) is 89.6 cm³/mol. The van der Waals surface area contributed by atoms with E-state index in [1.165, 1.54) is 0 Å². The summed E-state index contributed by atoms with van der Waals surface area (Å²) in [4.78, 5) is 23.5. The highest BCUT2D eigenvalue weighted by Crippen LogP contribution is 2.22. The second-order valence-corrected chi connectivity index (χ2v) is 6.70. The number of aryl methyl sites for hydroxylation is 2. The van der Waals surface area contributed by atoms with Crippen LogP contribution >= 0.6 is 0 Å². The Hall–Kier alpha value is -1.53. The van der Waals surface area contributed by atoms with Crippen LogP contribution in [-0.2, 0) is 20.7 Å². The summed E-state index contributed by atoms with van der Waals surface area (Å²) in [5, 5.41) is 0. The molecule has 0 radical (unpaired) electrons. The monoisotopic (exact) mass is 333 g/mol. The third-order valence-corrected chi connectivity index (χ3v) is 5.05. The van der Waals surface area contributed by atoms with Crippen molar-refractivity contribution in [2.45, 2.75) is 45.1 Å². The third kappa shape index (κ3) is 4.51. The Labute approximate surface area is 143 Å². The fraction of sp³-hybridized carbons (Fsp3) is 0.722. The van der Waals surface area contributed by atoms with Crippen LogP contribution in [0.2, 0.25) is 0 Å². The topological polar surface area (TPSA) is 64.6 Å². The Morgan fingerprint density at radius 3 is 2.79 bits per heavy atom. The molecule has 24 heavy (non-hydrogen) atoms. The number of hydrogen-bond acceptors (Lipinski definition) is 5. The lowest BCUT2D eigenvalue weighted by molar-refractivity contribution is -0.141. The molecule has 1 amide bonds. The van der Waals surface area contributed by atoms with Crippen molar-refractivity contribution in [3.63, 3.8) is 0 Å². The van der Waals surface area contributed by atoms with Crippen LogP contribution < -0.4 is 0 Å². The van der Waals surface area contributed by atoms with Crippen molar-refractivity contribution in [1.29, 1.82) is 0 Å². The summed E-state index contributed by atoms with van der Waals surface area (Å²) in [5.41, 5.74) is 1.98. The van der Waals surface area contributed by atoms with E-state index in [0.717, 1.165) is 50.3 Å². The number of carbonyl (C=O) groups excluding carboxylic acids is 1. The van der Waals surface area contributed by atoms with Gasteiger partial charge in [-0.15, -0.1) is 0 Å². The Balaban J connectivity index is 1.56. The molecule has 2 aliphatic rings. The summed E-state index contributed by atoms with van der Waals surface area (Å²) >= 11 is 0. The minimum absolute atomic E-state index is 0.146. The highest BCUT2D eigenvalue weighted by molar-refractivity contribution is 5.77. The van der Waals surface area contributed by atoms with Crippen molar-refractivity contribution in [2.75, 3.05) is 33.0 Å². The number of hydrogen-bond donors (Lipinski definition) is 0. The van der Waals surface area contributed by atoms with Gasteiger partial charge in [-0.2, -0.15) is 0 Å². The van der Waals surface area contributed by atoms with E-state index in [2.05, 4.69) is 9.97 Å². The van der Waals surface area contributed by atoms with E-state index in [4.69, 9.17) is 9.47 Å². The summed E-state index contributed by atoms with van der Waals surface area (Å²) in [5.74, 6) is 0.739. The Bertz CT molecular complexity index is 546. The van der Waals surface area contributed by atoms with Gasteiger partial charge in [0.1, 0.15) is 0 Å². The lowest BCUT2D eigenvalue weighted by Gasteiger charge is -2.37. The van der Waals surface area contributed by atoms with Gasteiger partial charge in [-0.1, -0.05) is 0 Å². The van der Waals surface area contributed by atoms with Crippen molar-refractivity contribution < 1.29 is 14.3 Å². The molecule has 0 N–H and O–H groups in total. The summed E-state index contributed by atoms with van der Waals surface area (Å²) in [7, 11) is 0. The van der Waals surface area contributed by atoms with Gasteiger partial charge < -0.3 is 14.4 Å². The molecule has 0 aliphatic carbocycles. The van der Waals surface area contributed by atoms with Crippen LogP contribution in [0, 0.1) is 12.8 Å². The van der Waals surface area contributed by atoms with Gasteiger partial charge in [-0.3, -0.25) is 14.8 Å². The highest BCUT2D eigenvalue weighted by atomic mass is 16.5. The minimum atomic E-state index is 0.146. The molecule has 132 valence electrons. The summed E-state index contributed by atoms with van der Waals surface area (Å²) in [6, 6.07) is 0.146. The molecule has 6 nitrogen and oxygen atoms in total. The maximum Gasteiger partial charge on any atom is 0.223 e. The molecular formula is C18H27N3O3. The molecule has 0 unspecified atom stereocenters. The fourth-order valence-electron chi connectivity index (χ4n) is 3.52. The van der Waals surface area contributed by atoms with Crippen molar-refractivity contribution in [3.8, 4) is 0 Å². The van der Waals surface area contributed by atoms with Crippen LogP contribution in [0.25, 0.3) is 0 Å². The normalized spacial score (nSPS) is 22.5. The van der Waals surface area contributed by atoms with Gasteiger partial charge in [-0.05, 0) is 38.5 Å². The average Bonchev–Trinajstić information content (AvgIpc) is 2.62. The summed E-state index contributed by atoms with van der Waals surface area (Å²) in [6.45, 7) is 5.52. The van der Waals surface area contributed by atoms with Crippen molar-refractivity contribution in [3.05, 3.63) is 23.8 Å². The zero-order valence-corrected chi connectivity index (χ0v) is 14.4. The average molecular weight is 333 g/mol. The molecule has 0 bridgehead atoms. The minimum Gasteiger partial charge on any atom is -0.381 e. The van der Waals surface area contributed by atoms with E-state index in [0.29, 0.717) is 32.1 Å². The largest absolute Gasteiger partial charge is 0.381 e. The highest BCUT2D eigenvalue weighted by Gasteiger charge is 2.29.